The Morgan fingerprint density at radius 1 is 1.38 bits per heavy atom. The van der Waals surface area contributed by atoms with Gasteiger partial charge in [-0.1, -0.05) is 55.4 Å². The van der Waals surface area contributed by atoms with Crippen molar-refractivity contribution in [1.29, 1.82) is 0 Å². The van der Waals surface area contributed by atoms with E-state index in [1.54, 1.807) is 0 Å². The van der Waals surface area contributed by atoms with Gasteiger partial charge in [0.2, 0.25) is 0 Å². The first-order valence-electron chi connectivity index (χ1n) is 6.50. The number of aliphatic carboxylic acids is 1. The van der Waals surface area contributed by atoms with Gasteiger partial charge in [0.15, 0.2) is 5.16 Å². The van der Waals surface area contributed by atoms with E-state index in [0.29, 0.717) is 16.7 Å². The third kappa shape index (κ3) is 3.98. The molecule has 112 valence electrons. The van der Waals surface area contributed by atoms with E-state index in [2.05, 4.69) is 10.2 Å². The van der Waals surface area contributed by atoms with Gasteiger partial charge in [0, 0.05) is 10.9 Å². The summed E-state index contributed by atoms with van der Waals surface area (Å²) in [5.74, 6) is 0.0963. The molecule has 0 saturated heterocycles. The first-order chi connectivity index (χ1) is 9.99. The summed E-state index contributed by atoms with van der Waals surface area (Å²) in [6.07, 6.45) is 0. The molecule has 0 fully saturated rings. The molecule has 1 N–H and O–H groups in total. The van der Waals surface area contributed by atoms with Crippen molar-refractivity contribution in [3.63, 3.8) is 0 Å². The van der Waals surface area contributed by atoms with Gasteiger partial charge in [-0.05, 0) is 11.6 Å². The minimum Gasteiger partial charge on any atom is -0.481 e. The van der Waals surface area contributed by atoms with E-state index in [0.717, 1.165) is 11.4 Å². The smallest absolute Gasteiger partial charge is 0.313 e. The van der Waals surface area contributed by atoms with Crippen molar-refractivity contribution in [2.24, 2.45) is 0 Å². The molecule has 0 radical (unpaired) electrons. The lowest BCUT2D eigenvalue weighted by molar-refractivity contribution is -0.133. The van der Waals surface area contributed by atoms with Crippen LogP contribution in [0.1, 0.15) is 31.2 Å². The molecule has 7 heteroatoms. The molecule has 0 aliphatic heterocycles. The summed E-state index contributed by atoms with van der Waals surface area (Å²) in [5, 5.41) is 18.4. The summed E-state index contributed by atoms with van der Waals surface area (Å²) in [5.41, 5.74) is 0.957. The van der Waals surface area contributed by atoms with Gasteiger partial charge in [-0.2, -0.15) is 0 Å². The third-order valence-electron chi connectivity index (χ3n) is 2.87. The Morgan fingerprint density at radius 3 is 2.71 bits per heavy atom. The van der Waals surface area contributed by atoms with E-state index < -0.39 is 5.97 Å². The lowest BCUT2D eigenvalue weighted by Gasteiger charge is -2.12. The van der Waals surface area contributed by atoms with Gasteiger partial charge >= 0.3 is 5.97 Å². The number of nitrogens with zero attached hydrogens (tertiary/aromatic N) is 3. The van der Waals surface area contributed by atoms with E-state index in [-0.39, 0.29) is 11.7 Å². The van der Waals surface area contributed by atoms with Crippen LogP contribution in [0.15, 0.2) is 29.4 Å². The fourth-order valence-corrected chi connectivity index (χ4v) is 2.77. The van der Waals surface area contributed by atoms with Crippen LogP contribution in [-0.2, 0) is 11.3 Å². The Labute approximate surface area is 132 Å². The number of carboxylic acid groups (broad SMARTS) is 1. The van der Waals surface area contributed by atoms with Gasteiger partial charge < -0.3 is 9.67 Å². The van der Waals surface area contributed by atoms with Crippen molar-refractivity contribution in [1.82, 2.24) is 14.8 Å². The minimum atomic E-state index is -0.876. The Morgan fingerprint density at radius 2 is 2.10 bits per heavy atom. The number of hydrogen-bond donors (Lipinski definition) is 1. The largest absolute Gasteiger partial charge is 0.481 e. The normalized spacial score (nSPS) is 11.0. The van der Waals surface area contributed by atoms with Crippen LogP contribution in [0.5, 0.6) is 0 Å². The maximum atomic E-state index is 10.7. The number of halogens is 1. The Bertz CT molecular complexity index is 643. The van der Waals surface area contributed by atoms with Crippen molar-refractivity contribution < 1.29 is 9.90 Å². The van der Waals surface area contributed by atoms with Crippen LogP contribution in [0.4, 0.5) is 0 Å². The Hall–Kier alpha value is -1.53. The average molecular weight is 326 g/mol. The van der Waals surface area contributed by atoms with Crippen LogP contribution in [0, 0.1) is 0 Å². The molecule has 0 amide bonds. The number of thioether (sulfide) groups is 1. The molecule has 2 aromatic rings. The van der Waals surface area contributed by atoms with Crippen molar-refractivity contribution in [2.75, 3.05) is 5.75 Å². The van der Waals surface area contributed by atoms with Crippen LogP contribution < -0.4 is 0 Å². The predicted molar refractivity (Wildman–Crippen MR) is 83.0 cm³/mol. The maximum Gasteiger partial charge on any atom is 0.313 e. The van der Waals surface area contributed by atoms with Gasteiger partial charge in [-0.25, -0.2) is 0 Å². The zero-order valence-corrected chi connectivity index (χ0v) is 13.4. The molecule has 0 bridgehead atoms. The van der Waals surface area contributed by atoms with Gasteiger partial charge in [-0.15, -0.1) is 10.2 Å². The van der Waals surface area contributed by atoms with E-state index in [1.807, 2.05) is 42.7 Å². The molecule has 0 atom stereocenters. The Kier molecular flexibility index (Phi) is 5.25. The second-order valence-electron chi connectivity index (χ2n) is 4.86. The number of carboxylic acids is 1. The summed E-state index contributed by atoms with van der Waals surface area (Å²) in [4.78, 5) is 10.7. The number of carbonyl (C=O) groups is 1. The minimum absolute atomic E-state index is 0.0429. The second kappa shape index (κ2) is 6.95. The molecule has 0 saturated carbocycles. The van der Waals surface area contributed by atoms with E-state index >= 15 is 0 Å². The number of rotatable bonds is 6. The maximum absolute atomic E-state index is 10.7. The summed E-state index contributed by atoms with van der Waals surface area (Å²) < 4.78 is 1.93. The summed E-state index contributed by atoms with van der Waals surface area (Å²) in [6, 6.07) is 7.57. The quantitative estimate of drug-likeness (QED) is 0.825. The first kappa shape index (κ1) is 15.9. The Balaban J connectivity index is 2.32. The van der Waals surface area contributed by atoms with Gasteiger partial charge in [-0.3, -0.25) is 4.79 Å². The van der Waals surface area contributed by atoms with Crippen molar-refractivity contribution in [2.45, 2.75) is 31.5 Å². The summed E-state index contributed by atoms with van der Waals surface area (Å²) >= 11 is 7.36. The highest BCUT2D eigenvalue weighted by Crippen LogP contribution is 2.24. The van der Waals surface area contributed by atoms with Crippen LogP contribution in [0.25, 0.3) is 0 Å². The summed E-state index contributed by atoms with van der Waals surface area (Å²) in [7, 11) is 0. The highest BCUT2D eigenvalue weighted by atomic mass is 35.5. The van der Waals surface area contributed by atoms with Crippen LogP contribution in [0.3, 0.4) is 0 Å². The van der Waals surface area contributed by atoms with E-state index in [9.17, 15) is 4.79 Å². The lowest BCUT2D eigenvalue weighted by atomic mass is 10.2. The molecule has 0 aliphatic carbocycles. The molecule has 1 aromatic heterocycles. The van der Waals surface area contributed by atoms with E-state index in [1.165, 1.54) is 11.8 Å². The van der Waals surface area contributed by atoms with Crippen LogP contribution >= 0.6 is 23.4 Å². The molecule has 5 nitrogen and oxygen atoms in total. The van der Waals surface area contributed by atoms with Gasteiger partial charge in [0.25, 0.3) is 0 Å². The lowest BCUT2D eigenvalue weighted by Crippen LogP contribution is -2.09. The summed E-state index contributed by atoms with van der Waals surface area (Å²) in [6.45, 7) is 4.58. The molecule has 21 heavy (non-hydrogen) atoms. The predicted octanol–water partition coefficient (Wildman–Crippen LogP) is 3.28. The fourth-order valence-electron chi connectivity index (χ4n) is 1.91. The average Bonchev–Trinajstić information content (AvgIpc) is 2.82. The molecule has 0 aliphatic rings. The molecule has 2 rings (SSSR count). The SMILES string of the molecule is CC(C)c1nnc(SCC(=O)O)n1Cc1ccccc1Cl. The first-order valence-corrected chi connectivity index (χ1v) is 7.86. The highest BCUT2D eigenvalue weighted by Gasteiger charge is 2.17. The number of benzene rings is 1. The van der Waals surface area contributed by atoms with Gasteiger partial charge in [0.05, 0.1) is 12.3 Å². The number of hydrogen-bond acceptors (Lipinski definition) is 4. The van der Waals surface area contributed by atoms with Gasteiger partial charge in [0.1, 0.15) is 5.82 Å². The van der Waals surface area contributed by atoms with Crippen LogP contribution in [0.2, 0.25) is 5.02 Å². The topological polar surface area (TPSA) is 68.0 Å². The standard InChI is InChI=1S/C14H16ClN3O2S/c1-9(2)13-16-17-14(21-8-12(19)20)18(13)7-10-5-3-4-6-11(10)15/h3-6,9H,7-8H2,1-2H3,(H,19,20). The third-order valence-corrected chi connectivity index (χ3v) is 4.19. The molecular weight excluding hydrogens is 310 g/mol. The van der Waals surface area contributed by atoms with Crippen LogP contribution in [-0.4, -0.2) is 31.6 Å². The molecule has 1 heterocycles. The van der Waals surface area contributed by atoms with Crippen molar-refractivity contribution in [3.8, 4) is 0 Å². The fraction of sp³-hybridized carbons (Fsp3) is 0.357. The zero-order chi connectivity index (χ0) is 15.4. The monoisotopic (exact) mass is 325 g/mol. The molecule has 0 spiro atoms. The van der Waals surface area contributed by atoms with E-state index in [4.69, 9.17) is 16.7 Å². The molecular formula is C14H16ClN3O2S. The molecule has 1 aromatic carbocycles. The second-order valence-corrected chi connectivity index (χ2v) is 6.21. The zero-order valence-electron chi connectivity index (χ0n) is 11.8. The number of aromatic nitrogens is 3. The van der Waals surface area contributed by atoms with Crippen molar-refractivity contribution in [3.05, 3.63) is 40.7 Å². The highest BCUT2D eigenvalue weighted by molar-refractivity contribution is 7.99. The van der Waals surface area contributed by atoms with Crippen molar-refractivity contribution >= 4 is 29.3 Å². The molecule has 0 unspecified atom stereocenters.